The third kappa shape index (κ3) is 3.43. The average molecular weight is 303 g/mol. The predicted molar refractivity (Wildman–Crippen MR) is 70.0 cm³/mol. The molecule has 0 amide bonds. The van der Waals surface area contributed by atoms with Gasteiger partial charge in [-0.1, -0.05) is 18.2 Å². The van der Waals surface area contributed by atoms with Gasteiger partial charge in [0.25, 0.3) is 0 Å². The standard InChI is InChI=1S/C13H12F3NO2S/c1-18-8-6-11(20-7-8)12(17)9-4-2-3-5-10(9)19-13(14,15)16/h2-7,12H,17H2,1H3. The minimum absolute atomic E-state index is 0.273. The largest absolute Gasteiger partial charge is 0.573 e. The van der Waals surface area contributed by atoms with Crippen LogP contribution in [-0.4, -0.2) is 13.5 Å². The van der Waals surface area contributed by atoms with Crippen molar-refractivity contribution in [1.82, 2.24) is 0 Å². The van der Waals surface area contributed by atoms with Crippen LogP contribution in [0, 0.1) is 0 Å². The van der Waals surface area contributed by atoms with Crippen molar-refractivity contribution >= 4 is 11.3 Å². The number of hydrogen-bond acceptors (Lipinski definition) is 4. The molecule has 2 rings (SSSR count). The van der Waals surface area contributed by atoms with E-state index in [9.17, 15) is 13.2 Å². The first-order chi connectivity index (χ1) is 9.40. The van der Waals surface area contributed by atoms with Gasteiger partial charge in [-0.2, -0.15) is 0 Å². The number of para-hydroxylation sites is 1. The van der Waals surface area contributed by atoms with Gasteiger partial charge in [0.1, 0.15) is 11.5 Å². The highest BCUT2D eigenvalue weighted by Gasteiger charge is 2.32. The van der Waals surface area contributed by atoms with Crippen LogP contribution in [0.15, 0.2) is 35.7 Å². The molecule has 0 bridgehead atoms. The van der Waals surface area contributed by atoms with Crippen LogP contribution in [0.1, 0.15) is 16.5 Å². The summed E-state index contributed by atoms with van der Waals surface area (Å²) in [6.07, 6.45) is -4.75. The summed E-state index contributed by atoms with van der Waals surface area (Å²) in [7, 11) is 1.51. The Kier molecular flexibility index (Phi) is 4.20. The smallest absolute Gasteiger partial charge is 0.496 e. The van der Waals surface area contributed by atoms with E-state index in [1.807, 2.05) is 0 Å². The van der Waals surface area contributed by atoms with E-state index in [1.165, 1.54) is 36.6 Å². The van der Waals surface area contributed by atoms with Gasteiger partial charge in [0.15, 0.2) is 0 Å². The van der Waals surface area contributed by atoms with E-state index in [1.54, 1.807) is 17.5 Å². The minimum Gasteiger partial charge on any atom is -0.496 e. The molecule has 3 nitrogen and oxygen atoms in total. The molecule has 0 aliphatic heterocycles. The van der Waals surface area contributed by atoms with E-state index in [0.717, 1.165) is 0 Å². The monoisotopic (exact) mass is 303 g/mol. The first-order valence-electron chi connectivity index (χ1n) is 5.63. The highest BCUT2D eigenvalue weighted by Crippen LogP contribution is 2.35. The molecule has 2 N–H and O–H groups in total. The summed E-state index contributed by atoms with van der Waals surface area (Å²) in [4.78, 5) is 0.695. The number of rotatable bonds is 4. The zero-order valence-corrected chi connectivity index (χ0v) is 11.3. The summed E-state index contributed by atoms with van der Waals surface area (Å²) >= 11 is 1.32. The molecule has 0 aliphatic rings. The Bertz CT molecular complexity index is 583. The van der Waals surface area contributed by atoms with Crippen molar-refractivity contribution in [2.24, 2.45) is 5.73 Å². The molecule has 108 valence electrons. The summed E-state index contributed by atoms with van der Waals surface area (Å²) in [5, 5.41) is 1.74. The average Bonchev–Trinajstić information content (AvgIpc) is 2.85. The maximum atomic E-state index is 12.4. The minimum atomic E-state index is -4.75. The first kappa shape index (κ1) is 14.7. The number of benzene rings is 1. The Morgan fingerprint density at radius 3 is 2.55 bits per heavy atom. The van der Waals surface area contributed by atoms with Gasteiger partial charge in [0.05, 0.1) is 13.2 Å². The predicted octanol–water partition coefficient (Wildman–Crippen LogP) is 3.70. The lowest BCUT2D eigenvalue weighted by atomic mass is 10.1. The highest BCUT2D eigenvalue weighted by molar-refractivity contribution is 7.10. The van der Waals surface area contributed by atoms with Gasteiger partial charge in [-0.3, -0.25) is 0 Å². The molecule has 1 heterocycles. The van der Waals surface area contributed by atoms with Crippen molar-refractivity contribution in [3.05, 3.63) is 46.2 Å². The summed E-state index contributed by atoms with van der Waals surface area (Å²) in [5.74, 6) is 0.328. The lowest BCUT2D eigenvalue weighted by Crippen LogP contribution is -2.20. The molecular formula is C13H12F3NO2S. The number of thiophene rings is 1. The third-order valence-corrected chi connectivity index (χ3v) is 3.61. The van der Waals surface area contributed by atoms with Crippen LogP contribution < -0.4 is 15.2 Å². The van der Waals surface area contributed by atoms with Crippen molar-refractivity contribution in [3.8, 4) is 11.5 Å². The number of nitrogens with two attached hydrogens (primary N) is 1. The zero-order valence-electron chi connectivity index (χ0n) is 10.5. The molecule has 20 heavy (non-hydrogen) atoms. The molecule has 0 saturated heterocycles. The fourth-order valence-electron chi connectivity index (χ4n) is 1.71. The van der Waals surface area contributed by atoms with E-state index in [2.05, 4.69) is 4.74 Å². The van der Waals surface area contributed by atoms with E-state index < -0.39 is 12.4 Å². The molecule has 7 heteroatoms. The van der Waals surface area contributed by atoms with Crippen LogP contribution >= 0.6 is 11.3 Å². The van der Waals surface area contributed by atoms with Crippen molar-refractivity contribution < 1.29 is 22.6 Å². The second-order valence-electron chi connectivity index (χ2n) is 3.95. The van der Waals surface area contributed by atoms with Crippen LogP contribution in [0.5, 0.6) is 11.5 Å². The Balaban J connectivity index is 2.31. The van der Waals surface area contributed by atoms with E-state index >= 15 is 0 Å². The Labute approximate surface area is 117 Å². The van der Waals surface area contributed by atoms with Crippen molar-refractivity contribution in [3.63, 3.8) is 0 Å². The number of methoxy groups -OCH3 is 1. The van der Waals surface area contributed by atoms with Gasteiger partial charge in [-0.05, 0) is 12.1 Å². The molecule has 2 aromatic rings. The quantitative estimate of drug-likeness (QED) is 0.936. The van der Waals surface area contributed by atoms with Crippen molar-refractivity contribution in [2.75, 3.05) is 7.11 Å². The Morgan fingerprint density at radius 2 is 1.95 bits per heavy atom. The van der Waals surface area contributed by atoms with E-state index in [4.69, 9.17) is 10.5 Å². The number of halogens is 3. The van der Waals surface area contributed by atoms with Crippen LogP contribution in [0.2, 0.25) is 0 Å². The lowest BCUT2D eigenvalue weighted by Gasteiger charge is -2.16. The fraction of sp³-hybridized carbons (Fsp3) is 0.231. The normalized spacial score (nSPS) is 13.1. The van der Waals surface area contributed by atoms with Gasteiger partial charge in [-0.15, -0.1) is 24.5 Å². The van der Waals surface area contributed by atoms with Crippen molar-refractivity contribution in [2.45, 2.75) is 12.4 Å². The van der Waals surface area contributed by atoms with Gasteiger partial charge < -0.3 is 15.2 Å². The summed E-state index contributed by atoms with van der Waals surface area (Å²) in [5.41, 5.74) is 6.28. The molecule has 0 radical (unpaired) electrons. The van der Waals surface area contributed by atoms with Crippen LogP contribution in [0.3, 0.4) is 0 Å². The van der Waals surface area contributed by atoms with Crippen LogP contribution in [-0.2, 0) is 0 Å². The maximum Gasteiger partial charge on any atom is 0.573 e. The number of ether oxygens (including phenoxy) is 2. The SMILES string of the molecule is COc1csc(C(N)c2ccccc2OC(F)(F)F)c1. The number of hydrogen-bond donors (Lipinski definition) is 1. The molecule has 1 atom stereocenters. The van der Waals surface area contributed by atoms with E-state index in [-0.39, 0.29) is 11.3 Å². The topological polar surface area (TPSA) is 44.5 Å². The molecule has 0 saturated carbocycles. The molecule has 0 aliphatic carbocycles. The molecule has 1 aromatic heterocycles. The first-order valence-corrected chi connectivity index (χ1v) is 6.51. The van der Waals surface area contributed by atoms with Gasteiger partial charge in [0, 0.05) is 15.8 Å². The maximum absolute atomic E-state index is 12.4. The summed E-state index contributed by atoms with van der Waals surface area (Å²) in [6.45, 7) is 0. The molecular weight excluding hydrogens is 291 g/mol. The van der Waals surface area contributed by atoms with Gasteiger partial charge in [0.2, 0.25) is 0 Å². The Morgan fingerprint density at radius 1 is 1.25 bits per heavy atom. The lowest BCUT2D eigenvalue weighted by molar-refractivity contribution is -0.274. The van der Waals surface area contributed by atoms with Crippen LogP contribution in [0.25, 0.3) is 0 Å². The molecule has 0 fully saturated rings. The molecule has 1 unspecified atom stereocenters. The highest BCUT2D eigenvalue weighted by atomic mass is 32.1. The van der Waals surface area contributed by atoms with Crippen molar-refractivity contribution in [1.29, 1.82) is 0 Å². The summed E-state index contributed by atoms with van der Waals surface area (Å²) in [6, 6.07) is 6.82. The van der Waals surface area contributed by atoms with Gasteiger partial charge >= 0.3 is 6.36 Å². The van der Waals surface area contributed by atoms with Crippen LogP contribution in [0.4, 0.5) is 13.2 Å². The molecule has 0 spiro atoms. The fourth-order valence-corrected chi connectivity index (χ4v) is 2.59. The summed E-state index contributed by atoms with van der Waals surface area (Å²) < 4.78 is 46.1. The second-order valence-corrected chi connectivity index (χ2v) is 4.90. The zero-order chi connectivity index (χ0) is 14.8. The number of alkyl halides is 3. The third-order valence-electron chi connectivity index (χ3n) is 2.62. The Hall–Kier alpha value is -1.73. The van der Waals surface area contributed by atoms with Gasteiger partial charge in [-0.25, -0.2) is 0 Å². The van der Waals surface area contributed by atoms with E-state index in [0.29, 0.717) is 10.6 Å². The molecule has 1 aromatic carbocycles. The second kappa shape index (κ2) is 5.72.